The molecule has 0 N–H and O–H groups in total. The molecule has 0 fully saturated rings. The molecule has 0 saturated carbocycles. The number of anilines is 1. The van der Waals surface area contributed by atoms with Crippen molar-refractivity contribution < 1.29 is 9.59 Å². The summed E-state index contributed by atoms with van der Waals surface area (Å²) in [4.78, 5) is 36.8. The average molecular weight is 485 g/mol. The Balaban J connectivity index is 1.54. The van der Waals surface area contributed by atoms with E-state index in [0.29, 0.717) is 26.1 Å². The van der Waals surface area contributed by atoms with E-state index in [4.69, 9.17) is 0 Å². The Bertz CT molecular complexity index is 1120. The molecule has 1 aromatic heterocycles. The first-order valence-electron chi connectivity index (χ1n) is 12.9. The Morgan fingerprint density at radius 3 is 2.31 bits per heavy atom. The van der Waals surface area contributed by atoms with Gasteiger partial charge in [0.15, 0.2) is 0 Å². The number of benzene rings is 2. The van der Waals surface area contributed by atoms with Gasteiger partial charge in [0, 0.05) is 64.5 Å². The fourth-order valence-corrected chi connectivity index (χ4v) is 4.84. The number of amides is 2. The molecule has 0 bridgehead atoms. The van der Waals surface area contributed by atoms with Crippen LogP contribution < -0.4 is 4.90 Å². The van der Waals surface area contributed by atoms with Crippen molar-refractivity contribution in [2.45, 2.75) is 45.7 Å². The van der Waals surface area contributed by atoms with Crippen molar-refractivity contribution in [3.05, 3.63) is 95.8 Å². The molecule has 2 amide bonds. The van der Waals surface area contributed by atoms with E-state index in [1.807, 2.05) is 76.7 Å². The second kappa shape index (κ2) is 13.0. The first kappa shape index (κ1) is 25.6. The van der Waals surface area contributed by atoms with Gasteiger partial charge in [-0.2, -0.15) is 0 Å². The summed E-state index contributed by atoms with van der Waals surface area (Å²) in [5.41, 5.74) is 4.13. The first-order chi connectivity index (χ1) is 17.6. The summed E-state index contributed by atoms with van der Waals surface area (Å²) in [6.07, 6.45) is 4.79. The Morgan fingerprint density at radius 1 is 0.833 bits per heavy atom. The van der Waals surface area contributed by atoms with Gasteiger partial charge in [-0.05, 0) is 48.6 Å². The number of aryl methyl sites for hydroxylation is 1. The lowest BCUT2D eigenvalue weighted by atomic mass is 10.1. The number of pyridine rings is 1. The molecule has 0 saturated heterocycles. The van der Waals surface area contributed by atoms with E-state index in [2.05, 4.69) is 22.0 Å². The summed E-state index contributed by atoms with van der Waals surface area (Å²) in [7, 11) is 0. The lowest BCUT2D eigenvalue weighted by Crippen LogP contribution is -2.38. The van der Waals surface area contributed by atoms with Crippen molar-refractivity contribution in [3.8, 4) is 0 Å². The predicted octanol–water partition coefficient (Wildman–Crippen LogP) is 4.69. The average Bonchev–Trinajstić information content (AvgIpc) is 2.89. The van der Waals surface area contributed by atoms with Crippen molar-refractivity contribution in [2.75, 3.05) is 31.1 Å². The summed E-state index contributed by atoms with van der Waals surface area (Å²) in [6, 6.07) is 24.2. The highest BCUT2D eigenvalue weighted by Crippen LogP contribution is 2.24. The van der Waals surface area contributed by atoms with Crippen molar-refractivity contribution in [2.24, 2.45) is 0 Å². The lowest BCUT2D eigenvalue weighted by molar-refractivity contribution is -0.131. The second-order valence-electron chi connectivity index (χ2n) is 9.40. The molecule has 36 heavy (non-hydrogen) atoms. The van der Waals surface area contributed by atoms with Gasteiger partial charge in [-0.25, -0.2) is 0 Å². The van der Waals surface area contributed by atoms with Gasteiger partial charge in [0.25, 0.3) is 0 Å². The number of hydrogen-bond donors (Lipinski definition) is 0. The maximum absolute atomic E-state index is 13.4. The number of para-hydroxylation sites is 1. The summed E-state index contributed by atoms with van der Waals surface area (Å²) in [5, 5.41) is 0. The molecule has 3 aromatic rings. The van der Waals surface area contributed by atoms with Crippen molar-refractivity contribution in [1.29, 1.82) is 0 Å². The van der Waals surface area contributed by atoms with Crippen molar-refractivity contribution >= 4 is 17.5 Å². The van der Waals surface area contributed by atoms with Crippen LogP contribution in [0.15, 0.2) is 79.0 Å². The van der Waals surface area contributed by atoms with E-state index >= 15 is 0 Å². The van der Waals surface area contributed by atoms with Gasteiger partial charge in [-0.15, -0.1) is 0 Å². The maximum Gasteiger partial charge on any atom is 0.223 e. The smallest absolute Gasteiger partial charge is 0.223 e. The summed E-state index contributed by atoms with van der Waals surface area (Å²) in [6.45, 7) is 5.96. The van der Waals surface area contributed by atoms with E-state index in [0.717, 1.165) is 55.8 Å². The number of fused-ring (bicyclic) bond motifs is 1. The Kier molecular flexibility index (Phi) is 9.22. The van der Waals surface area contributed by atoms with Crippen LogP contribution >= 0.6 is 0 Å². The molecule has 6 heteroatoms. The van der Waals surface area contributed by atoms with Crippen LogP contribution in [0.2, 0.25) is 0 Å². The summed E-state index contributed by atoms with van der Waals surface area (Å²) >= 11 is 0. The number of nitrogens with zero attached hydrogens (tertiary/aromatic N) is 4. The van der Waals surface area contributed by atoms with Gasteiger partial charge in [-0.3, -0.25) is 19.5 Å². The van der Waals surface area contributed by atoms with Crippen LogP contribution in [0.3, 0.4) is 0 Å². The summed E-state index contributed by atoms with van der Waals surface area (Å²) in [5.74, 6) is 0.175. The molecular weight excluding hydrogens is 448 g/mol. The Hall–Kier alpha value is -3.51. The third-order valence-corrected chi connectivity index (χ3v) is 6.72. The number of carbonyl (C=O) groups is 2. The van der Waals surface area contributed by atoms with Gasteiger partial charge in [0.05, 0.1) is 5.69 Å². The van der Waals surface area contributed by atoms with Gasteiger partial charge in [0.1, 0.15) is 0 Å². The number of hydrogen-bond acceptors (Lipinski definition) is 4. The number of aromatic nitrogens is 1. The zero-order valence-corrected chi connectivity index (χ0v) is 21.2. The number of rotatable bonds is 5. The highest BCUT2D eigenvalue weighted by atomic mass is 16.2. The van der Waals surface area contributed by atoms with Gasteiger partial charge in [-0.1, -0.05) is 54.6 Å². The highest BCUT2D eigenvalue weighted by molar-refractivity contribution is 5.92. The van der Waals surface area contributed by atoms with Crippen molar-refractivity contribution in [1.82, 2.24) is 14.8 Å². The maximum atomic E-state index is 13.4. The van der Waals surface area contributed by atoms with Crippen LogP contribution in [0, 0.1) is 0 Å². The minimum absolute atomic E-state index is 0.0257. The van der Waals surface area contributed by atoms with E-state index in [-0.39, 0.29) is 11.8 Å². The SMILES string of the molecule is CC(=O)N1CCCN(Cc2ccccn2)CCCN(C(=O)CCc2ccccc2)Cc2ccccc21. The molecule has 6 nitrogen and oxygen atoms in total. The largest absolute Gasteiger partial charge is 0.338 e. The van der Waals surface area contributed by atoms with Crippen LogP contribution in [-0.4, -0.2) is 52.8 Å². The molecule has 1 aliphatic heterocycles. The molecular formula is C30H36N4O2. The topological polar surface area (TPSA) is 56.8 Å². The molecule has 0 spiro atoms. The first-order valence-corrected chi connectivity index (χ1v) is 12.9. The highest BCUT2D eigenvalue weighted by Gasteiger charge is 2.21. The molecule has 4 rings (SSSR count). The normalized spacial score (nSPS) is 15.5. The zero-order valence-electron chi connectivity index (χ0n) is 21.2. The molecule has 2 heterocycles. The van der Waals surface area contributed by atoms with Crippen LogP contribution in [0.1, 0.15) is 43.0 Å². The van der Waals surface area contributed by atoms with Crippen LogP contribution in [0.5, 0.6) is 0 Å². The van der Waals surface area contributed by atoms with E-state index < -0.39 is 0 Å². The van der Waals surface area contributed by atoms with Gasteiger partial charge >= 0.3 is 0 Å². The molecule has 1 aliphatic rings. The molecule has 0 atom stereocenters. The zero-order chi connectivity index (χ0) is 25.2. The van der Waals surface area contributed by atoms with Crippen molar-refractivity contribution in [3.63, 3.8) is 0 Å². The standard InChI is InChI=1S/C30H36N4O2/c1-25(35)34-22-10-20-32(24-28-14-7-8-18-31-28)19-9-21-33(23-27-13-5-6-15-29(27)34)30(36)17-16-26-11-3-2-4-12-26/h2-8,11-15,18H,9-10,16-17,19-24H2,1H3. The predicted molar refractivity (Wildman–Crippen MR) is 143 cm³/mol. The van der Waals surface area contributed by atoms with Gasteiger partial charge in [0.2, 0.25) is 11.8 Å². The van der Waals surface area contributed by atoms with Crippen LogP contribution in [0.25, 0.3) is 0 Å². The fourth-order valence-electron chi connectivity index (χ4n) is 4.84. The Morgan fingerprint density at radius 2 is 1.56 bits per heavy atom. The van der Waals surface area contributed by atoms with E-state index in [1.54, 1.807) is 6.92 Å². The number of carbonyl (C=O) groups excluding carboxylic acids is 2. The summed E-state index contributed by atoms with van der Waals surface area (Å²) < 4.78 is 0. The molecule has 188 valence electrons. The minimum Gasteiger partial charge on any atom is -0.338 e. The van der Waals surface area contributed by atoms with E-state index in [1.165, 1.54) is 5.56 Å². The molecule has 0 unspecified atom stereocenters. The molecule has 0 radical (unpaired) electrons. The monoisotopic (exact) mass is 484 g/mol. The van der Waals surface area contributed by atoms with E-state index in [9.17, 15) is 9.59 Å². The fraction of sp³-hybridized carbons (Fsp3) is 0.367. The second-order valence-corrected chi connectivity index (χ2v) is 9.40. The lowest BCUT2D eigenvalue weighted by Gasteiger charge is -2.31. The van der Waals surface area contributed by atoms with Crippen LogP contribution in [0.4, 0.5) is 5.69 Å². The third kappa shape index (κ3) is 7.25. The molecule has 2 aromatic carbocycles. The molecule has 0 aliphatic carbocycles. The van der Waals surface area contributed by atoms with Crippen LogP contribution in [-0.2, 0) is 29.1 Å². The quantitative estimate of drug-likeness (QED) is 0.527. The Labute approximate surface area is 214 Å². The third-order valence-electron chi connectivity index (χ3n) is 6.72. The van der Waals surface area contributed by atoms with Gasteiger partial charge < -0.3 is 9.80 Å². The minimum atomic E-state index is 0.0257.